The first-order valence-corrected chi connectivity index (χ1v) is 20.3. The third-order valence-electron chi connectivity index (χ3n) is 9.58. The average Bonchev–Trinajstić information content (AvgIpc) is 3.92. The molecule has 5 amide bonds. The quantitative estimate of drug-likeness (QED) is 0.207. The lowest BCUT2D eigenvalue weighted by Crippen LogP contribution is -2.58. The largest absolute Gasteiger partial charge is 0.474 e. The molecule has 0 saturated carbocycles. The summed E-state index contributed by atoms with van der Waals surface area (Å²) >= 11 is 2.35. The third kappa shape index (κ3) is 10.3. The van der Waals surface area contributed by atoms with Crippen molar-refractivity contribution in [1.29, 1.82) is 0 Å². The molecule has 1 aromatic carbocycles. The van der Waals surface area contributed by atoms with E-state index in [1.165, 1.54) is 18.3 Å². The minimum atomic E-state index is -1.37. The number of aromatic nitrogens is 2. The lowest BCUT2D eigenvalue weighted by Gasteiger charge is -2.28. The smallest absolute Gasteiger partial charge is 0.271 e. The molecule has 17 heteroatoms. The normalized spacial score (nSPS) is 26.7. The molecule has 0 spiro atoms. The van der Waals surface area contributed by atoms with Gasteiger partial charge in [-0.05, 0) is 51.0 Å². The number of hydrogen-bond acceptors (Lipinski definition) is 12. The van der Waals surface area contributed by atoms with E-state index in [0.717, 1.165) is 16.9 Å². The van der Waals surface area contributed by atoms with Crippen molar-refractivity contribution in [3.8, 4) is 0 Å². The van der Waals surface area contributed by atoms with E-state index in [-0.39, 0.29) is 29.1 Å². The summed E-state index contributed by atoms with van der Waals surface area (Å²) in [7, 11) is 0. The lowest BCUT2D eigenvalue weighted by atomic mass is 9.97. The SMILES string of the molecule is CCC(C)C1NC(=O)c2csc(n2)C(Cc2ccccc2)NC(=O)C2N=C(OC2C)C(CC(C)C)NC(=O)c2csc(n2)C(C)NC(=O)C(C(C)O)NC1=O. The van der Waals surface area contributed by atoms with Gasteiger partial charge in [0.1, 0.15) is 45.6 Å². The minimum absolute atomic E-state index is 0.0504. The van der Waals surface area contributed by atoms with Crippen molar-refractivity contribution in [3.05, 3.63) is 68.1 Å². The van der Waals surface area contributed by atoms with Gasteiger partial charge in [0.25, 0.3) is 11.8 Å². The molecular weight excluding hydrogens is 745 g/mol. The molecular formula is C38H50N8O7S2. The third-order valence-corrected chi connectivity index (χ3v) is 11.6. The zero-order valence-electron chi connectivity index (χ0n) is 32.0. The molecule has 296 valence electrons. The molecule has 6 N–H and O–H groups in total. The minimum Gasteiger partial charge on any atom is -0.474 e. The number of fused-ring (bicyclic) bond motifs is 5. The number of nitrogens with zero attached hydrogens (tertiary/aromatic N) is 3. The number of thiazole rings is 2. The van der Waals surface area contributed by atoms with Crippen LogP contribution < -0.4 is 26.6 Å². The Labute approximate surface area is 328 Å². The van der Waals surface area contributed by atoms with Gasteiger partial charge >= 0.3 is 0 Å². The second-order valence-electron chi connectivity index (χ2n) is 14.6. The number of ether oxygens (including phenoxy) is 1. The van der Waals surface area contributed by atoms with Gasteiger partial charge in [-0.15, -0.1) is 22.7 Å². The number of amides is 5. The van der Waals surface area contributed by atoms with Crippen LogP contribution >= 0.6 is 22.7 Å². The maximum absolute atomic E-state index is 14.0. The van der Waals surface area contributed by atoms with Crippen molar-refractivity contribution in [3.63, 3.8) is 0 Å². The van der Waals surface area contributed by atoms with Crippen LogP contribution in [0.2, 0.25) is 0 Å². The van der Waals surface area contributed by atoms with Gasteiger partial charge in [-0.2, -0.15) is 0 Å². The van der Waals surface area contributed by atoms with E-state index in [0.29, 0.717) is 29.3 Å². The highest BCUT2D eigenvalue weighted by Gasteiger charge is 2.39. The standard InChI is InChI=1S/C38H50N8O7S2/c1-8-19(4)28-33(50)45-29(21(6)47)34(51)39-20(5)37-42-26(16-54-37)31(48)40-24(14-18(2)3)36-46-30(22(7)53-36)35(52)41-25(15-23-12-10-9-11-13-23)38-43-27(17-55-38)32(49)44-28/h9-13,16-22,24-25,28-30,47H,8,14-15H2,1-7H3,(H,39,51)(H,40,48)(H,41,52)(H,44,49)(H,45,50). The fraction of sp³-hybridized carbons (Fsp3) is 0.526. The van der Waals surface area contributed by atoms with Crippen LogP contribution in [0.1, 0.15) is 110 Å². The fourth-order valence-corrected chi connectivity index (χ4v) is 7.93. The molecule has 55 heavy (non-hydrogen) atoms. The number of aliphatic hydroxyl groups is 1. The van der Waals surface area contributed by atoms with E-state index in [4.69, 9.17) is 4.74 Å². The Balaban J connectivity index is 1.53. The maximum Gasteiger partial charge on any atom is 0.271 e. The highest BCUT2D eigenvalue weighted by atomic mass is 32.1. The van der Waals surface area contributed by atoms with Gasteiger partial charge in [0.2, 0.25) is 23.6 Å². The predicted molar refractivity (Wildman–Crippen MR) is 209 cm³/mol. The summed E-state index contributed by atoms with van der Waals surface area (Å²) in [6, 6.07) is 4.17. The summed E-state index contributed by atoms with van der Waals surface area (Å²) in [6.45, 7) is 12.4. The molecule has 2 aliphatic heterocycles. The van der Waals surface area contributed by atoms with Crippen LogP contribution in [-0.4, -0.2) is 86.9 Å². The first-order valence-electron chi connectivity index (χ1n) is 18.5. The molecule has 6 bridgehead atoms. The molecule has 9 atom stereocenters. The van der Waals surface area contributed by atoms with Crippen LogP contribution in [0, 0.1) is 11.8 Å². The molecule has 0 radical (unpaired) electrons. The van der Waals surface area contributed by atoms with Gasteiger partial charge < -0.3 is 36.4 Å². The van der Waals surface area contributed by atoms with E-state index in [9.17, 15) is 29.1 Å². The summed E-state index contributed by atoms with van der Waals surface area (Å²) in [5.74, 6) is -2.83. The lowest BCUT2D eigenvalue weighted by molar-refractivity contribution is -0.133. The summed E-state index contributed by atoms with van der Waals surface area (Å²) in [6.07, 6.45) is -0.587. The highest BCUT2D eigenvalue weighted by Crippen LogP contribution is 2.26. The number of rotatable bonds is 7. The average molecular weight is 795 g/mol. The maximum atomic E-state index is 14.0. The molecule has 0 fully saturated rings. The molecule has 15 nitrogen and oxygen atoms in total. The van der Waals surface area contributed by atoms with Crippen molar-refractivity contribution in [2.45, 2.75) is 116 Å². The Morgan fingerprint density at radius 3 is 2.02 bits per heavy atom. The Hall–Kier alpha value is -4.74. The Bertz CT molecular complexity index is 1880. The van der Waals surface area contributed by atoms with E-state index >= 15 is 0 Å². The van der Waals surface area contributed by atoms with Gasteiger partial charge in [-0.3, -0.25) is 24.0 Å². The van der Waals surface area contributed by atoms with Crippen LogP contribution in [0.4, 0.5) is 0 Å². The van der Waals surface area contributed by atoms with E-state index in [2.05, 4.69) is 41.5 Å². The van der Waals surface area contributed by atoms with Crippen molar-refractivity contribution < 1.29 is 33.8 Å². The molecule has 3 aromatic rings. The van der Waals surface area contributed by atoms with Gasteiger partial charge in [-0.1, -0.05) is 64.4 Å². The number of aliphatic hydroxyl groups excluding tert-OH is 1. The van der Waals surface area contributed by atoms with Crippen molar-refractivity contribution >= 4 is 58.1 Å². The molecule has 9 unspecified atom stereocenters. The van der Waals surface area contributed by atoms with Crippen LogP contribution in [-0.2, 0) is 25.5 Å². The Morgan fingerprint density at radius 2 is 1.38 bits per heavy atom. The summed E-state index contributed by atoms with van der Waals surface area (Å²) in [5, 5.41) is 28.9. The van der Waals surface area contributed by atoms with Crippen LogP contribution in [0.25, 0.3) is 0 Å². The fourth-order valence-electron chi connectivity index (χ4n) is 6.28. The van der Waals surface area contributed by atoms with E-state index in [1.807, 2.05) is 51.1 Å². The van der Waals surface area contributed by atoms with Crippen LogP contribution in [0.3, 0.4) is 0 Å². The molecule has 5 rings (SSSR count). The number of benzene rings is 1. The van der Waals surface area contributed by atoms with Gasteiger partial charge in [0, 0.05) is 10.8 Å². The molecule has 0 aliphatic carbocycles. The number of hydrogen-bond donors (Lipinski definition) is 6. The second-order valence-corrected chi connectivity index (χ2v) is 16.4. The van der Waals surface area contributed by atoms with Gasteiger partial charge in [0.15, 0.2) is 6.04 Å². The molecule has 4 heterocycles. The molecule has 2 aliphatic rings. The Morgan fingerprint density at radius 1 is 0.764 bits per heavy atom. The topological polar surface area (TPSA) is 213 Å². The summed E-state index contributed by atoms with van der Waals surface area (Å²) < 4.78 is 6.13. The predicted octanol–water partition coefficient (Wildman–Crippen LogP) is 3.23. The zero-order chi connectivity index (χ0) is 40.0. The Kier molecular flexibility index (Phi) is 13.8. The highest BCUT2D eigenvalue weighted by molar-refractivity contribution is 7.10. The summed E-state index contributed by atoms with van der Waals surface area (Å²) in [5.41, 5.74) is 1.09. The zero-order valence-corrected chi connectivity index (χ0v) is 33.6. The van der Waals surface area contributed by atoms with Crippen molar-refractivity contribution in [2.75, 3.05) is 0 Å². The number of aliphatic imine (C=N–C) groups is 1. The van der Waals surface area contributed by atoms with Crippen LogP contribution in [0.15, 0.2) is 46.1 Å². The summed E-state index contributed by atoms with van der Waals surface area (Å²) in [4.78, 5) is 82.2. The monoisotopic (exact) mass is 794 g/mol. The first kappa shape index (κ1) is 41.4. The number of nitrogens with one attached hydrogen (secondary N) is 5. The van der Waals surface area contributed by atoms with Gasteiger partial charge in [-0.25, -0.2) is 15.0 Å². The van der Waals surface area contributed by atoms with E-state index < -0.39 is 78.0 Å². The van der Waals surface area contributed by atoms with Crippen molar-refractivity contribution in [2.24, 2.45) is 16.8 Å². The van der Waals surface area contributed by atoms with Crippen LogP contribution in [0.5, 0.6) is 0 Å². The number of carbonyl (C=O) groups excluding carboxylic acids is 5. The number of carbonyl (C=O) groups is 5. The van der Waals surface area contributed by atoms with Crippen molar-refractivity contribution in [1.82, 2.24) is 36.6 Å². The second kappa shape index (κ2) is 18.3. The molecule has 0 saturated heterocycles. The van der Waals surface area contributed by atoms with Gasteiger partial charge in [0.05, 0.1) is 18.2 Å². The molecule has 2 aromatic heterocycles. The first-order chi connectivity index (χ1) is 26.1. The van der Waals surface area contributed by atoms with E-state index in [1.54, 1.807) is 31.5 Å².